The molecule has 0 bridgehead atoms. The minimum atomic E-state index is -0.135. The van der Waals surface area contributed by atoms with Crippen molar-refractivity contribution in [3.63, 3.8) is 0 Å². The molecule has 0 amide bonds. The molecule has 0 saturated carbocycles. The Balaban J connectivity index is 1.53. The molecule has 4 rings (SSSR count). The molecule has 2 aliphatic rings. The minimum absolute atomic E-state index is 0.135. The molecule has 0 aromatic carbocycles. The Labute approximate surface area is 145 Å². The molecule has 1 fully saturated rings. The zero-order valence-corrected chi connectivity index (χ0v) is 14.7. The van der Waals surface area contributed by atoms with Crippen LogP contribution < -0.4 is 0 Å². The molecule has 0 radical (unpaired) electrons. The molecule has 1 spiro atoms. The Morgan fingerprint density at radius 3 is 3.17 bits per heavy atom. The molecule has 0 unspecified atom stereocenters. The first kappa shape index (κ1) is 15.5. The topological polar surface area (TPSA) is 38.2 Å². The lowest BCUT2D eigenvalue weighted by molar-refractivity contribution is -0.110. The number of rotatable bonds is 2. The Morgan fingerprint density at radius 2 is 2.39 bits per heavy atom. The number of likely N-dealkylation sites (tertiary alicyclic amines) is 1. The van der Waals surface area contributed by atoms with Crippen molar-refractivity contribution in [1.82, 2.24) is 14.9 Å². The van der Waals surface area contributed by atoms with Crippen molar-refractivity contribution in [2.75, 3.05) is 13.2 Å². The summed E-state index contributed by atoms with van der Waals surface area (Å²) in [5, 5.41) is 0. The summed E-state index contributed by atoms with van der Waals surface area (Å²) in [7, 11) is 0. The zero-order valence-electron chi connectivity index (χ0n) is 13.2. The van der Waals surface area contributed by atoms with Crippen LogP contribution in [0.3, 0.4) is 0 Å². The van der Waals surface area contributed by atoms with Gasteiger partial charge in [0.05, 0.1) is 16.6 Å². The van der Waals surface area contributed by atoms with E-state index in [0.29, 0.717) is 6.04 Å². The molecule has 2 aromatic heterocycles. The molecule has 4 nitrogen and oxygen atoms in total. The highest BCUT2D eigenvalue weighted by molar-refractivity contribution is 7.16. The number of ether oxygens (including phenoxy) is 1. The van der Waals surface area contributed by atoms with Crippen molar-refractivity contribution < 1.29 is 4.74 Å². The Hall–Kier alpha value is -1.01. The summed E-state index contributed by atoms with van der Waals surface area (Å²) in [4.78, 5) is 12.4. The second-order valence-corrected chi connectivity index (χ2v) is 8.15. The molecule has 6 heteroatoms. The number of piperidine rings is 1. The molecule has 0 N–H and O–H groups in total. The number of hydrogen-bond acceptors (Lipinski definition) is 5. The summed E-state index contributed by atoms with van der Waals surface area (Å²) in [6.45, 7) is 4.94. The van der Waals surface area contributed by atoms with Crippen molar-refractivity contribution in [1.29, 1.82) is 0 Å². The van der Waals surface area contributed by atoms with E-state index in [4.69, 9.17) is 16.3 Å². The molecular weight excluding hydrogens is 330 g/mol. The maximum absolute atomic E-state index is 6.31. The molecular formula is C17H20ClN3OS. The standard InChI is InChI=1S/C17H20ClN3OS/c1-12-9-17(16-13(2-7-22-17)8-15(18)23-16)3-6-21(12)11-14-10-19-4-5-20-14/h4-5,8,10,12H,2-3,6-7,9,11H2,1H3/t12-,17+/m0/s1. The monoisotopic (exact) mass is 349 g/mol. The number of nitrogens with zero attached hydrogens (tertiary/aromatic N) is 3. The van der Waals surface area contributed by atoms with Gasteiger partial charge in [-0.2, -0.15) is 0 Å². The van der Waals surface area contributed by atoms with Gasteiger partial charge in [-0.3, -0.25) is 14.9 Å². The van der Waals surface area contributed by atoms with Gasteiger partial charge in [0.2, 0.25) is 0 Å². The fraction of sp³-hybridized carbons (Fsp3) is 0.529. The highest BCUT2D eigenvalue weighted by Crippen LogP contribution is 2.47. The first-order chi connectivity index (χ1) is 11.2. The van der Waals surface area contributed by atoms with E-state index in [1.54, 1.807) is 23.7 Å². The van der Waals surface area contributed by atoms with E-state index in [9.17, 15) is 0 Å². The van der Waals surface area contributed by atoms with Crippen molar-refractivity contribution in [2.24, 2.45) is 0 Å². The van der Waals surface area contributed by atoms with Gasteiger partial charge in [-0.15, -0.1) is 11.3 Å². The first-order valence-electron chi connectivity index (χ1n) is 8.08. The van der Waals surface area contributed by atoms with Crippen LogP contribution in [0, 0.1) is 0 Å². The van der Waals surface area contributed by atoms with Gasteiger partial charge in [0.25, 0.3) is 0 Å². The molecule has 0 aliphatic carbocycles. The van der Waals surface area contributed by atoms with Crippen LogP contribution in [0.4, 0.5) is 0 Å². The van der Waals surface area contributed by atoms with Crippen molar-refractivity contribution in [3.05, 3.63) is 45.1 Å². The van der Waals surface area contributed by atoms with Crippen molar-refractivity contribution in [3.8, 4) is 0 Å². The Bertz CT molecular complexity index is 692. The largest absolute Gasteiger partial charge is 0.369 e. The fourth-order valence-corrected chi connectivity index (χ4v) is 5.31. The van der Waals surface area contributed by atoms with Crippen LogP contribution in [0.2, 0.25) is 4.34 Å². The normalized spacial score (nSPS) is 28.0. The summed E-state index contributed by atoms with van der Waals surface area (Å²) in [6, 6.07) is 2.57. The number of halogens is 1. The Morgan fingerprint density at radius 1 is 1.48 bits per heavy atom. The van der Waals surface area contributed by atoms with Crippen LogP contribution in [0.1, 0.15) is 35.9 Å². The van der Waals surface area contributed by atoms with Crippen LogP contribution in [-0.2, 0) is 23.3 Å². The van der Waals surface area contributed by atoms with Crippen molar-refractivity contribution >= 4 is 22.9 Å². The minimum Gasteiger partial charge on any atom is -0.369 e. The van der Waals surface area contributed by atoms with Crippen LogP contribution in [0.5, 0.6) is 0 Å². The molecule has 1 saturated heterocycles. The molecule has 4 heterocycles. The van der Waals surface area contributed by atoms with Gasteiger partial charge in [-0.1, -0.05) is 11.6 Å². The number of thiophene rings is 1. The lowest BCUT2D eigenvalue weighted by atomic mass is 9.82. The summed E-state index contributed by atoms with van der Waals surface area (Å²) < 4.78 is 7.20. The lowest BCUT2D eigenvalue weighted by Crippen LogP contribution is -2.50. The van der Waals surface area contributed by atoms with E-state index in [2.05, 4.69) is 27.9 Å². The number of aromatic nitrogens is 2. The van der Waals surface area contributed by atoms with Gasteiger partial charge in [0.1, 0.15) is 5.60 Å². The third-order valence-corrected chi connectivity index (χ3v) is 6.47. The predicted octanol–water partition coefficient (Wildman–Crippen LogP) is 3.64. The van der Waals surface area contributed by atoms with E-state index in [1.165, 1.54) is 10.4 Å². The molecule has 2 aliphatic heterocycles. The van der Waals surface area contributed by atoms with Crippen molar-refractivity contribution in [2.45, 2.75) is 44.4 Å². The molecule has 2 atom stereocenters. The van der Waals surface area contributed by atoms with E-state index >= 15 is 0 Å². The van der Waals surface area contributed by atoms with E-state index in [-0.39, 0.29) is 5.60 Å². The summed E-state index contributed by atoms with van der Waals surface area (Å²) in [5.74, 6) is 0. The van der Waals surface area contributed by atoms with Crippen LogP contribution in [0.25, 0.3) is 0 Å². The van der Waals surface area contributed by atoms with E-state index in [1.807, 2.05) is 6.20 Å². The summed E-state index contributed by atoms with van der Waals surface area (Å²) in [6.07, 6.45) is 8.34. The number of fused-ring (bicyclic) bond motifs is 2. The summed E-state index contributed by atoms with van der Waals surface area (Å²) in [5.41, 5.74) is 2.28. The third-order valence-electron chi connectivity index (χ3n) is 4.98. The number of hydrogen-bond donors (Lipinski definition) is 0. The van der Waals surface area contributed by atoms with Gasteiger partial charge < -0.3 is 4.74 Å². The highest BCUT2D eigenvalue weighted by atomic mass is 35.5. The van der Waals surface area contributed by atoms with Crippen LogP contribution in [0.15, 0.2) is 24.7 Å². The first-order valence-corrected chi connectivity index (χ1v) is 9.27. The quantitative estimate of drug-likeness (QED) is 0.829. The maximum Gasteiger partial charge on any atom is 0.105 e. The second kappa shape index (κ2) is 6.13. The second-order valence-electron chi connectivity index (χ2n) is 6.47. The van der Waals surface area contributed by atoms with Gasteiger partial charge in [0, 0.05) is 42.6 Å². The molecule has 2 aromatic rings. The van der Waals surface area contributed by atoms with Gasteiger partial charge in [-0.25, -0.2) is 0 Å². The van der Waals surface area contributed by atoms with E-state index in [0.717, 1.165) is 49.0 Å². The van der Waals surface area contributed by atoms with Crippen LogP contribution in [-0.4, -0.2) is 34.1 Å². The predicted molar refractivity (Wildman–Crippen MR) is 91.8 cm³/mol. The van der Waals surface area contributed by atoms with E-state index < -0.39 is 0 Å². The average molecular weight is 350 g/mol. The van der Waals surface area contributed by atoms with Crippen LogP contribution >= 0.6 is 22.9 Å². The van der Waals surface area contributed by atoms with Gasteiger partial charge >= 0.3 is 0 Å². The maximum atomic E-state index is 6.31. The third kappa shape index (κ3) is 2.91. The fourth-order valence-electron chi connectivity index (χ4n) is 3.83. The highest BCUT2D eigenvalue weighted by Gasteiger charge is 2.44. The SMILES string of the molecule is C[C@H]1C[C@@]2(CCN1Cc1cnccn1)OCCc1cc(Cl)sc12. The zero-order chi connectivity index (χ0) is 15.9. The van der Waals surface area contributed by atoms with Gasteiger partial charge in [-0.05, 0) is 37.8 Å². The van der Waals surface area contributed by atoms with Gasteiger partial charge in [0.15, 0.2) is 0 Å². The molecule has 122 valence electrons. The average Bonchev–Trinajstić information content (AvgIpc) is 2.94. The smallest absolute Gasteiger partial charge is 0.105 e. The summed E-state index contributed by atoms with van der Waals surface area (Å²) >= 11 is 7.97. The molecule has 23 heavy (non-hydrogen) atoms. The lowest BCUT2D eigenvalue weighted by Gasteiger charge is -2.47. The Kier molecular flexibility index (Phi) is 4.13.